The Morgan fingerprint density at radius 3 is 2.15 bits per heavy atom. The lowest BCUT2D eigenvalue weighted by molar-refractivity contribution is -0.122. The number of carbonyl (C=O) groups excluding carboxylic acids is 1. The molecule has 1 aliphatic rings. The average Bonchev–Trinajstić information content (AvgIpc) is 2.21. The van der Waals surface area contributed by atoms with Crippen LogP contribution in [0.25, 0.3) is 0 Å². The highest BCUT2D eigenvalue weighted by molar-refractivity contribution is 5.78. The summed E-state index contributed by atoms with van der Waals surface area (Å²) in [5.41, 5.74) is 5.47. The van der Waals surface area contributed by atoms with E-state index in [0.29, 0.717) is 18.4 Å². The summed E-state index contributed by atoms with van der Waals surface area (Å²) in [5, 5.41) is 0. The van der Waals surface area contributed by atoms with Crippen LogP contribution in [0.3, 0.4) is 0 Å². The van der Waals surface area contributed by atoms with Crippen molar-refractivity contribution in [2.24, 2.45) is 11.7 Å². The maximum absolute atomic E-state index is 10.9. The highest BCUT2D eigenvalue weighted by Crippen LogP contribution is 2.16. The summed E-state index contributed by atoms with van der Waals surface area (Å²) < 4.78 is 0. The van der Waals surface area contributed by atoms with Gasteiger partial charge in [0.15, 0.2) is 0 Å². The Morgan fingerprint density at radius 1 is 1.38 bits per heavy atom. The van der Waals surface area contributed by atoms with Gasteiger partial charge < -0.3 is 5.73 Å². The molecule has 0 aromatic rings. The number of hydrogen-bond acceptors (Lipinski definition) is 3. The molecule has 0 saturated carbocycles. The van der Waals surface area contributed by atoms with E-state index in [1.165, 1.54) is 0 Å². The van der Waals surface area contributed by atoms with E-state index in [1.54, 1.807) is 6.92 Å². The number of ketones is 1. The van der Waals surface area contributed by atoms with Crippen LogP contribution in [-0.2, 0) is 4.79 Å². The van der Waals surface area contributed by atoms with Crippen molar-refractivity contribution in [1.29, 1.82) is 0 Å². The van der Waals surface area contributed by atoms with Gasteiger partial charge in [0.2, 0.25) is 0 Å². The van der Waals surface area contributed by atoms with E-state index in [-0.39, 0.29) is 0 Å². The van der Waals surface area contributed by atoms with Crippen molar-refractivity contribution in [3.63, 3.8) is 0 Å². The van der Waals surface area contributed by atoms with Gasteiger partial charge in [-0.3, -0.25) is 9.69 Å². The molecule has 3 heteroatoms. The maximum Gasteiger partial charge on any atom is 0.133 e. The number of nitrogens with zero attached hydrogens (tertiary/aromatic N) is 1. The smallest absolute Gasteiger partial charge is 0.133 e. The third-order valence-electron chi connectivity index (χ3n) is 2.42. The van der Waals surface area contributed by atoms with Gasteiger partial charge in [-0.2, -0.15) is 0 Å². The molecule has 0 spiro atoms. The quantitative estimate of drug-likeness (QED) is 0.705. The second-order valence-electron chi connectivity index (χ2n) is 3.19. The van der Waals surface area contributed by atoms with Gasteiger partial charge in [0.1, 0.15) is 5.78 Å². The van der Waals surface area contributed by atoms with Gasteiger partial charge in [-0.15, -0.1) is 0 Å². The normalized spacial score (nSPS) is 19.1. The van der Waals surface area contributed by atoms with E-state index in [2.05, 4.69) is 4.90 Å². The molecule has 0 unspecified atom stereocenters. The molecule has 3 nitrogen and oxygen atoms in total. The van der Waals surface area contributed by atoms with Gasteiger partial charge in [0.25, 0.3) is 0 Å². The van der Waals surface area contributed by atoms with Crippen LogP contribution in [0.1, 0.15) is 33.6 Å². The lowest BCUT2D eigenvalue weighted by Crippen LogP contribution is -2.39. The van der Waals surface area contributed by atoms with Crippen molar-refractivity contribution in [2.45, 2.75) is 33.6 Å². The van der Waals surface area contributed by atoms with Crippen molar-refractivity contribution in [2.75, 3.05) is 19.8 Å². The fourth-order valence-corrected chi connectivity index (χ4v) is 1.52. The van der Waals surface area contributed by atoms with E-state index >= 15 is 0 Å². The molecule has 1 heterocycles. The molecule has 1 rings (SSSR count). The molecule has 2 N–H and O–H groups in total. The fourth-order valence-electron chi connectivity index (χ4n) is 1.52. The van der Waals surface area contributed by atoms with Crippen LogP contribution >= 0.6 is 0 Å². The predicted molar refractivity (Wildman–Crippen MR) is 55.4 cm³/mol. The van der Waals surface area contributed by atoms with Crippen LogP contribution in [0.4, 0.5) is 0 Å². The zero-order valence-corrected chi connectivity index (χ0v) is 9.05. The van der Waals surface area contributed by atoms with E-state index in [1.807, 2.05) is 13.8 Å². The Kier molecular flexibility index (Phi) is 6.82. The zero-order chi connectivity index (χ0) is 10.3. The first kappa shape index (κ1) is 12.6. The summed E-state index contributed by atoms with van der Waals surface area (Å²) in [5.74, 6) is 0.638. The second kappa shape index (κ2) is 7.04. The minimum Gasteiger partial charge on any atom is -0.318 e. The first-order chi connectivity index (χ1) is 6.24. The maximum atomic E-state index is 10.9. The van der Waals surface area contributed by atoms with Crippen LogP contribution in [0.5, 0.6) is 0 Å². The predicted octanol–water partition coefficient (Wildman–Crippen LogP) is 1.23. The van der Waals surface area contributed by atoms with Crippen LogP contribution in [0, 0.1) is 5.92 Å². The molecule has 78 valence electrons. The minimum absolute atomic E-state index is 0.304. The van der Waals surface area contributed by atoms with Crippen LogP contribution < -0.4 is 5.73 Å². The summed E-state index contributed by atoms with van der Waals surface area (Å²) in [6, 6.07) is 0. The molecule has 13 heavy (non-hydrogen) atoms. The van der Waals surface area contributed by atoms with E-state index in [4.69, 9.17) is 5.73 Å². The first-order valence-corrected chi connectivity index (χ1v) is 5.17. The summed E-state index contributed by atoms with van der Waals surface area (Å²) in [6.07, 6.45) is 1.99. The number of carbonyl (C=O) groups is 1. The van der Waals surface area contributed by atoms with Crippen LogP contribution in [0.2, 0.25) is 0 Å². The highest BCUT2D eigenvalue weighted by Gasteiger charge is 2.20. The van der Waals surface area contributed by atoms with Crippen molar-refractivity contribution >= 4 is 5.78 Å². The molecule has 1 saturated heterocycles. The molecule has 0 bridgehead atoms. The third kappa shape index (κ3) is 4.39. The van der Waals surface area contributed by atoms with Gasteiger partial charge in [-0.05, 0) is 19.8 Å². The Labute approximate surface area is 81.3 Å². The Bertz CT molecular complexity index is 140. The minimum atomic E-state index is 0.304. The monoisotopic (exact) mass is 186 g/mol. The Balaban J connectivity index is 0.000000671. The lowest BCUT2D eigenvalue weighted by Gasteiger charge is -2.29. The van der Waals surface area contributed by atoms with Crippen LogP contribution in [0.15, 0.2) is 0 Å². The number of piperidine rings is 1. The number of hydrogen-bond donors (Lipinski definition) is 1. The zero-order valence-electron chi connectivity index (χ0n) is 9.05. The molecule has 1 fully saturated rings. The summed E-state index contributed by atoms with van der Waals surface area (Å²) in [6.45, 7) is 8.29. The van der Waals surface area contributed by atoms with Crippen LogP contribution in [-0.4, -0.2) is 30.4 Å². The number of Topliss-reactive ketones (excluding diaryl/α,β-unsaturated/α-hetero) is 1. The third-order valence-corrected chi connectivity index (χ3v) is 2.42. The van der Waals surface area contributed by atoms with Gasteiger partial charge in [0, 0.05) is 25.7 Å². The average molecular weight is 186 g/mol. The van der Waals surface area contributed by atoms with E-state index in [0.717, 1.165) is 25.9 Å². The van der Waals surface area contributed by atoms with Crippen molar-refractivity contribution in [3.05, 3.63) is 0 Å². The summed E-state index contributed by atoms with van der Waals surface area (Å²) in [7, 11) is 0. The second-order valence-corrected chi connectivity index (χ2v) is 3.19. The number of nitrogens with two attached hydrogens (primary N) is 1. The van der Waals surface area contributed by atoms with Crippen molar-refractivity contribution in [1.82, 2.24) is 4.90 Å². The highest BCUT2D eigenvalue weighted by atomic mass is 16.1. The Morgan fingerprint density at radius 2 is 1.85 bits per heavy atom. The van der Waals surface area contributed by atoms with Crippen molar-refractivity contribution in [3.8, 4) is 0 Å². The van der Waals surface area contributed by atoms with E-state index < -0.39 is 0 Å². The molecule has 0 aromatic carbocycles. The summed E-state index contributed by atoms with van der Waals surface area (Å²) >= 11 is 0. The fraction of sp³-hybridized carbons (Fsp3) is 0.900. The molecule has 1 aliphatic heterocycles. The topological polar surface area (TPSA) is 46.3 Å². The SMILES string of the molecule is CC.CC(=O)C1CCN(CN)CC1. The van der Waals surface area contributed by atoms with Gasteiger partial charge >= 0.3 is 0 Å². The number of likely N-dealkylation sites (tertiary alicyclic amines) is 1. The van der Waals surface area contributed by atoms with Crippen molar-refractivity contribution < 1.29 is 4.79 Å². The molecular weight excluding hydrogens is 164 g/mol. The molecule has 0 aromatic heterocycles. The van der Waals surface area contributed by atoms with Gasteiger partial charge in [0.05, 0.1) is 0 Å². The van der Waals surface area contributed by atoms with Gasteiger partial charge in [-0.1, -0.05) is 13.8 Å². The van der Waals surface area contributed by atoms with E-state index in [9.17, 15) is 4.79 Å². The summed E-state index contributed by atoms with van der Waals surface area (Å²) in [4.78, 5) is 13.1. The lowest BCUT2D eigenvalue weighted by atomic mass is 9.94. The number of rotatable bonds is 2. The first-order valence-electron chi connectivity index (χ1n) is 5.17. The largest absolute Gasteiger partial charge is 0.318 e. The molecule has 0 radical (unpaired) electrons. The molecule has 0 aliphatic carbocycles. The molecule has 0 atom stereocenters. The Hall–Kier alpha value is -0.410. The standard InChI is InChI=1S/C8H16N2O.C2H6/c1-7(11)8-2-4-10(6-9)5-3-8;1-2/h8H,2-6,9H2,1H3;1-2H3. The molecule has 0 amide bonds. The van der Waals surface area contributed by atoms with Gasteiger partial charge in [-0.25, -0.2) is 0 Å². The molecular formula is C10H22N2O.